The lowest BCUT2D eigenvalue weighted by atomic mass is 10.1. The molecule has 1 saturated heterocycles. The zero-order chi connectivity index (χ0) is 22.4. The number of hydrogen-bond acceptors (Lipinski definition) is 4. The first-order valence-electron chi connectivity index (χ1n) is 10.7. The lowest BCUT2D eigenvalue weighted by Crippen LogP contribution is -2.39. The number of ether oxygens (including phenoxy) is 1. The summed E-state index contributed by atoms with van der Waals surface area (Å²) in [6.45, 7) is 6.21. The topological polar surface area (TPSA) is 57.4 Å². The highest BCUT2D eigenvalue weighted by Gasteiger charge is 2.16. The number of nitrogens with one attached hydrogen (secondary N) is 2. The van der Waals surface area contributed by atoms with Gasteiger partial charge in [0.15, 0.2) is 5.78 Å². The zero-order valence-electron chi connectivity index (χ0n) is 18.8. The van der Waals surface area contributed by atoms with Crippen LogP contribution in [0.4, 0.5) is 0 Å². The first kappa shape index (κ1) is 23.3. The molecule has 1 aromatic heterocycles. The number of piperidine rings is 1. The molecular formula is C25H32ClN3O2. The SMILES string of the molecule is CC(=O)c1c(COc2ccc(C)cc2Cl)[nH]c2ccccc12.CN(C)C1CCNCC1. The molecule has 5 nitrogen and oxygen atoms in total. The minimum atomic E-state index is 0.0195. The van der Waals surface area contributed by atoms with Crippen LogP contribution in [0.3, 0.4) is 0 Å². The quantitative estimate of drug-likeness (QED) is 0.533. The third-order valence-corrected chi connectivity index (χ3v) is 5.93. The second-order valence-electron chi connectivity index (χ2n) is 8.25. The van der Waals surface area contributed by atoms with Crippen molar-refractivity contribution in [2.24, 2.45) is 0 Å². The zero-order valence-corrected chi connectivity index (χ0v) is 19.6. The van der Waals surface area contributed by atoms with Gasteiger partial charge in [-0.25, -0.2) is 0 Å². The number of carbonyl (C=O) groups excluding carboxylic acids is 1. The summed E-state index contributed by atoms with van der Waals surface area (Å²) in [5.74, 6) is 0.631. The average Bonchev–Trinajstić information content (AvgIpc) is 3.13. The van der Waals surface area contributed by atoms with Crippen molar-refractivity contribution in [3.63, 3.8) is 0 Å². The number of H-pyrrole nitrogens is 1. The standard InChI is InChI=1S/C18H16ClNO2.C7H16N2/c1-11-7-8-17(14(19)9-11)22-10-16-18(12(2)21)13-5-3-4-6-15(13)20-16;1-9(2)7-3-5-8-6-4-7/h3-9,20H,10H2,1-2H3;7-8H,3-6H2,1-2H3. The van der Waals surface area contributed by atoms with Gasteiger partial charge >= 0.3 is 0 Å². The number of halogens is 1. The summed E-state index contributed by atoms with van der Waals surface area (Å²) in [5, 5.41) is 4.83. The van der Waals surface area contributed by atoms with E-state index in [0.717, 1.165) is 28.2 Å². The van der Waals surface area contributed by atoms with Crippen LogP contribution in [0.1, 0.15) is 41.4 Å². The van der Waals surface area contributed by atoms with Crippen molar-refractivity contribution < 1.29 is 9.53 Å². The Morgan fingerprint density at radius 2 is 1.87 bits per heavy atom. The highest BCUT2D eigenvalue weighted by molar-refractivity contribution is 6.32. The molecular weight excluding hydrogens is 410 g/mol. The van der Waals surface area contributed by atoms with Crippen molar-refractivity contribution in [2.75, 3.05) is 27.2 Å². The van der Waals surface area contributed by atoms with Gasteiger partial charge in [-0.15, -0.1) is 0 Å². The molecule has 3 aromatic rings. The fraction of sp³-hybridized carbons (Fsp3) is 0.400. The second kappa shape index (κ2) is 10.8. The minimum Gasteiger partial charge on any atom is -0.486 e. The maximum Gasteiger partial charge on any atom is 0.162 e. The van der Waals surface area contributed by atoms with E-state index < -0.39 is 0 Å². The van der Waals surface area contributed by atoms with E-state index in [-0.39, 0.29) is 12.4 Å². The number of rotatable bonds is 5. The molecule has 0 atom stereocenters. The summed E-state index contributed by atoms with van der Waals surface area (Å²) >= 11 is 6.17. The molecule has 4 rings (SSSR count). The highest BCUT2D eigenvalue weighted by atomic mass is 35.5. The maximum atomic E-state index is 12.0. The van der Waals surface area contributed by atoms with Crippen LogP contribution in [0.2, 0.25) is 5.02 Å². The van der Waals surface area contributed by atoms with E-state index in [0.29, 0.717) is 16.3 Å². The normalized spacial score (nSPS) is 14.4. The van der Waals surface area contributed by atoms with Gasteiger partial charge in [0.05, 0.1) is 10.7 Å². The van der Waals surface area contributed by atoms with Crippen LogP contribution in [-0.4, -0.2) is 48.9 Å². The Hall–Kier alpha value is -2.34. The number of benzene rings is 2. The van der Waals surface area contributed by atoms with Crippen molar-refractivity contribution in [1.29, 1.82) is 0 Å². The molecule has 0 radical (unpaired) electrons. The second-order valence-corrected chi connectivity index (χ2v) is 8.65. The minimum absolute atomic E-state index is 0.0195. The largest absolute Gasteiger partial charge is 0.486 e. The van der Waals surface area contributed by atoms with Gasteiger partial charge in [0, 0.05) is 22.5 Å². The molecule has 1 aliphatic heterocycles. The monoisotopic (exact) mass is 441 g/mol. The van der Waals surface area contributed by atoms with Crippen molar-refractivity contribution in [3.05, 3.63) is 64.3 Å². The number of carbonyl (C=O) groups is 1. The maximum absolute atomic E-state index is 12.0. The fourth-order valence-corrected chi connectivity index (χ4v) is 4.19. The number of aromatic nitrogens is 1. The van der Waals surface area contributed by atoms with Crippen molar-refractivity contribution in [1.82, 2.24) is 15.2 Å². The number of fused-ring (bicyclic) bond motifs is 1. The molecule has 0 aliphatic carbocycles. The Morgan fingerprint density at radius 1 is 1.16 bits per heavy atom. The molecule has 2 N–H and O–H groups in total. The van der Waals surface area contributed by atoms with Crippen molar-refractivity contribution >= 4 is 28.3 Å². The number of nitrogens with zero attached hydrogens (tertiary/aromatic N) is 1. The molecule has 0 saturated carbocycles. The lowest BCUT2D eigenvalue weighted by molar-refractivity contribution is 0.101. The molecule has 1 aliphatic rings. The third kappa shape index (κ3) is 6.10. The van der Waals surface area contributed by atoms with Gasteiger partial charge in [0.2, 0.25) is 0 Å². The molecule has 0 amide bonds. The van der Waals surface area contributed by atoms with Gasteiger partial charge in [0.25, 0.3) is 0 Å². The summed E-state index contributed by atoms with van der Waals surface area (Å²) in [5.41, 5.74) is 3.46. The van der Waals surface area contributed by atoms with Gasteiger partial charge < -0.3 is 19.9 Å². The van der Waals surface area contributed by atoms with E-state index in [1.807, 2.05) is 49.4 Å². The van der Waals surface area contributed by atoms with E-state index in [1.165, 1.54) is 25.9 Å². The van der Waals surface area contributed by atoms with Crippen LogP contribution in [0, 0.1) is 6.92 Å². The number of ketones is 1. The van der Waals surface area contributed by atoms with Gasteiger partial charge in [-0.05, 0) is 77.6 Å². The van der Waals surface area contributed by atoms with E-state index in [4.69, 9.17) is 16.3 Å². The van der Waals surface area contributed by atoms with E-state index in [2.05, 4.69) is 29.3 Å². The smallest absolute Gasteiger partial charge is 0.162 e. The molecule has 166 valence electrons. The molecule has 2 heterocycles. The van der Waals surface area contributed by atoms with E-state index in [1.54, 1.807) is 6.92 Å². The Balaban J connectivity index is 0.000000254. The van der Waals surface area contributed by atoms with Gasteiger partial charge in [-0.3, -0.25) is 4.79 Å². The van der Waals surface area contributed by atoms with Gasteiger partial charge in [-0.2, -0.15) is 0 Å². The first-order valence-corrected chi connectivity index (χ1v) is 11.1. The number of aryl methyl sites for hydroxylation is 1. The molecule has 31 heavy (non-hydrogen) atoms. The Kier molecular flexibility index (Phi) is 8.13. The van der Waals surface area contributed by atoms with Crippen molar-refractivity contribution in [3.8, 4) is 5.75 Å². The lowest BCUT2D eigenvalue weighted by Gasteiger charge is -2.28. The van der Waals surface area contributed by atoms with Gasteiger partial charge in [0.1, 0.15) is 12.4 Å². The van der Waals surface area contributed by atoms with Crippen LogP contribution in [0.5, 0.6) is 5.75 Å². The van der Waals surface area contributed by atoms with Crippen LogP contribution < -0.4 is 10.1 Å². The number of Topliss-reactive ketones (excluding diaryl/α,β-unsaturated/α-hetero) is 1. The molecule has 0 unspecified atom stereocenters. The van der Waals surface area contributed by atoms with Crippen LogP contribution in [0.25, 0.3) is 10.9 Å². The summed E-state index contributed by atoms with van der Waals surface area (Å²) in [7, 11) is 4.33. The Morgan fingerprint density at radius 3 is 2.48 bits per heavy atom. The molecule has 6 heteroatoms. The molecule has 2 aromatic carbocycles. The number of hydrogen-bond donors (Lipinski definition) is 2. The predicted molar refractivity (Wildman–Crippen MR) is 128 cm³/mol. The Bertz CT molecular complexity index is 1020. The van der Waals surface area contributed by atoms with Crippen LogP contribution in [0.15, 0.2) is 42.5 Å². The number of aromatic amines is 1. The average molecular weight is 442 g/mol. The van der Waals surface area contributed by atoms with Crippen molar-refractivity contribution in [2.45, 2.75) is 39.3 Å². The predicted octanol–water partition coefficient (Wildman–Crippen LogP) is 5.21. The molecule has 0 bridgehead atoms. The van der Waals surface area contributed by atoms with Gasteiger partial charge in [-0.1, -0.05) is 35.9 Å². The van der Waals surface area contributed by atoms with E-state index >= 15 is 0 Å². The summed E-state index contributed by atoms with van der Waals surface area (Å²) in [4.78, 5) is 17.5. The van der Waals surface area contributed by atoms with Crippen LogP contribution in [-0.2, 0) is 6.61 Å². The third-order valence-electron chi connectivity index (χ3n) is 5.63. The summed E-state index contributed by atoms with van der Waals surface area (Å²) < 4.78 is 5.78. The fourth-order valence-electron chi connectivity index (χ4n) is 3.90. The summed E-state index contributed by atoms with van der Waals surface area (Å²) in [6.07, 6.45) is 2.62. The Labute approximate surface area is 189 Å². The van der Waals surface area contributed by atoms with E-state index in [9.17, 15) is 4.79 Å². The van der Waals surface area contributed by atoms with Crippen LogP contribution >= 0.6 is 11.6 Å². The summed E-state index contributed by atoms with van der Waals surface area (Å²) in [6, 6.07) is 14.2. The highest BCUT2D eigenvalue weighted by Crippen LogP contribution is 2.28. The number of para-hydroxylation sites is 1. The molecule has 0 spiro atoms. The first-order chi connectivity index (χ1) is 14.9. The molecule has 1 fully saturated rings.